The number of nitrogens with zero attached hydrogens (tertiary/aromatic N) is 4. The number of sulfonamides is 1. The fourth-order valence-corrected chi connectivity index (χ4v) is 5.51. The number of thiazole rings is 1. The normalized spacial score (nSPS) is 18.2. The quantitative estimate of drug-likeness (QED) is 0.868. The van der Waals surface area contributed by atoms with Crippen LogP contribution in [0.5, 0.6) is 0 Å². The predicted molar refractivity (Wildman–Crippen MR) is 88.2 cm³/mol. The van der Waals surface area contributed by atoms with E-state index in [1.807, 2.05) is 0 Å². The molecule has 0 atom stereocenters. The van der Waals surface area contributed by atoms with Gasteiger partial charge in [0, 0.05) is 36.8 Å². The Kier molecular flexibility index (Phi) is 3.82. The molecule has 2 aromatic heterocycles. The number of amides is 1. The van der Waals surface area contributed by atoms with Gasteiger partial charge in [0.2, 0.25) is 10.0 Å². The summed E-state index contributed by atoms with van der Waals surface area (Å²) in [4.78, 5) is 25.2. The molecule has 2 aromatic rings. The standard InChI is InChI=1S/C14H15N5O3S2/c20-13(11-7-15-4-5-16-11)18-14-17-10-3-6-19(8-12(10)23-14)24(21,22)9-1-2-9/h4-5,7,9H,1-3,6,8H2,(H,17,18,20). The number of fused-ring (bicyclic) bond motifs is 1. The molecule has 3 heterocycles. The summed E-state index contributed by atoms with van der Waals surface area (Å²) in [6.45, 7) is 0.792. The molecule has 24 heavy (non-hydrogen) atoms. The van der Waals surface area contributed by atoms with Crippen molar-refractivity contribution in [2.24, 2.45) is 0 Å². The van der Waals surface area contributed by atoms with Crippen LogP contribution >= 0.6 is 11.3 Å². The Bertz CT molecular complexity index is 877. The summed E-state index contributed by atoms with van der Waals surface area (Å²) in [6, 6.07) is 0. The third-order valence-corrected chi connectivity index (χ3v) is 7.36. The Balaban J connectivity index is 1.49. The Hall–Kier alpha value is -1.91. The molecule has 0 saturated heterocycles. The number of carbonyl (C=O) groups is 1. The fourth-order valence-electron chi connectivity index (χ4n) is 2.60. The summed E-state index contributed by atoms with van der Waals surface area (Å²) >= 11 is 1.31. The minimum Gasteiger partial charge on any atom is -0.296 e. The van der Waals surface area contributed by atoms with Gasteiger partial charge in [-0.1, -0.05) is 0 Å². The summed E-state index contributed by atoms with van der Waals surface area (Å²) in [5.74, 6) is -0.378. The fraction of sp³-hybridized carbons (Fsp3) is 0.429. The van der Waals surface area contributed by atoms with E-state index in [0.717, 1.165) is 23.4 Å². The maximum atomic E-state index is 12.4. The van der Waals surface area contributed by atoms with Crippen LogP contribution in [0.3, 0.4) is 0 Å². The molecular formula is C14H15N5O3S2. The molecule has 2 aliphatic rings. The second-order valence-corrected chi connectivity index (χ2v) is 9.06. The molecule has 1 N–H and O–H groups in total. The predicted octanol–water partition coefficient (Wildman–Crippen LogP) is 1.04. The number of rotatable bonds is 4. The van der Waals surface area contributed by atoms with Gasteiger partial charge in [0.15, 0.2) is 5.13 Å². The summed E-state index contributed by atoms with van der Waals surface area (Å²) in [5.41, 5.74) is 1.07. The Morgan fingerprint density at radius 3 is 2.88 bits per heavy atom. The molecule has 126 valence electrons. The van der Waals surface area contributed by atoms with E-state index < -0.39 is 10.0 Å². The third-order valence-electron chi connectivity index (χ3n) is 4.02. The number of anilines is 1. The number of hydrogen-bond donors (Lipinski definition) is 1. The van der Waals surface area contributed by atoms with E-state index in [1.165, 1.54) is 29.9 Å². The number of nitrogens with one attached hydrogen (secondary N) is 1. The van der Waals surface area contributed by atoms with Crippen molar-refractivity contribution in [1.29, 1.82) is 0 Å². The lowest BCUT2D eigenvalue weighted by Crippen LogP contribution is -2.37. The van der Waals surface area contributed by atoms with Crippen LogP contribution in [0.1, 0.15) is 33.9 Å². The molecule has 10 heteroatoms. The topological polar surface area (TPSA) is 105 Å². The van der Waals surface area contributed by atoms with Gasteiger partial charge < -0.3 is 0 Å². The van der Waals surface area contributed by atoms with Gasteiger partial charge in [-0.3, -0.25) is 15.1 Å². The average Bonchev–Trinajstić information content (AvgIpc) is 3.36. The summed E-state index contributed by atoms with van der Waals surface area (Å²) in [7, 11) is -3.18. The van der Waals surface area contributed by atoms with Crippen LogP contribution in [0.2, 0.25) is 0 Å². The van der Waals surface area contributed by atoms with Gasteiger partial charge in [-0.25, -0.2) is 18.4 Å². The Labute approximate surface area is 143 Å². The zero-order chi connectivity index (χ0) is 16.7. The van der Waals surface area contributed by atoms with Crippen molar-refractivity contribution >= 4 is 32.4 Å². The van der Waals surface area contributed by atoms with Gasteiger partial charge in [0.25, 0.3) is 5.91 Å². The number of aromatic nitrogens is 3. The monoisotopic (exact) mass is 365 g/mol. The zero-order valence-corrected chi connectivity index (χ0v) is 14.3. The third kappa shape index (κ3) is 2.92. The van der Waals surface area contributed by atoms with E-state index in [4.69, 9.17) is 0 Å². The molecule has 4 rings (SSSR count). The van der Waals surface area contributed by atoms with E-state index in [-0.39, 0.29) is 16.9 Å². The molecule has 0 unspecified atom stereocenters. The largest absolute Gasteiger partial charge is 0.296 e. The van der Waals surface area contributed by atoms with Crippen LogP contribution < -0.4 is 5.32 Å². The summed E-state index contributed by atoms with van der Waals surface area (Å²) in [5, 5.41) is 2.96. The van der Waals surface area contributed by atoms with Crippen molar-refractivity contribution in [3.8, 4) is 0 Å². The zero-order valence-electron chi connectivity index (χ0n) is 12.7. The van der Waals surface area contributed by atoms with Crippen molar-refractivity contribution in [2.75, 3.05) is 11.9 Å². The van der Waals surface area contributed by atoms with Gasteiger partial charge in [-0.2, -0.15) is 4.31 Å². The van der Waals surface area contributed by atoms with Gasteiger partial charge in [-0.05, 0) is 12.8 Å². The highest BCUT2D eigenvalue weighted by Crippen LogP contribution is 2.35. The number of hydrogen-bond acceptors (Lipinski definition) is 7. The van der Waals surface area contributed by atoms with E-state index in [1.54, 1.807) is 4.31 Å². The smallest absolute Gasteiger partial charge is 0.277 e. The van der Waals surface area contributed by atoms with Crippen LogP contribution in [0, 0.1) is 0 Å². The lowest BCUT2D eigenvalue weighted by Gasteiger charge is -2.25. The van der Waals surface area contributed by atoms with E-state index >= 15 is 0 Å². The van der Waals surface area contributed by atoms with Crippen molar-refractivity contribution < 1.29 is 13.2 Å². The van der Waals surface area contributed by atoms with Crippen LogP contribution in [0.4, 0.5) is 5.13 Å². The Morgan fingerprint density at radius 2 is 2.17 bits per heavy atom. The second-order valence-electron chi connectivity index (χ2n) is 5.76. The maximum Gasteiger partial charge on any atom is 0.277 e. The average molecular weight is 365 g/mol. The van der Waals surface area contributed by atoms with Gasteiger partial charge >= 0.3 is 0 Å². The first-order valence-electron chi connectivity index (χ1n) is 7.59. The van der Waals surface area contributed by atoms with Gasteiger partial charge in [-0.15, -0.1) is 11.3 Å². The van der Waals surface area contributed by atoms with Crippen molar-refractivity contribution in [3.05, 3.63) is 34.9 Å². The molecule has 0 aromatic carbocycles. The van der Waals surface area contributed by atoms with E-state index in [2.05, 4.69) is 20.3 Å². The first kappa shape index (κ1) is 15.6. The molecule has 1 amide bonds. The molecule has 1 saturated carbocycles. The molecule has 1 fully saturated rings. The van der Waals surface area contributed by atoms with Crippen molar-refractivity contribution in [1.82, 2.24) is 19.3 Å². The summed E-state index contributed by atoms with van der Waals surface area (Å²) < 4.78 is 26.2. The summed E-state index contributed by atoms with van der Waals surface area (Å²) in [6.07, 6.45) is 6.41. The SMILES string of the molecule is O=C(Nc1nc2c(s1)CN(S(=O)(=O)C1CC1)CC2)c1cnccn1. The molecule has 1 aliphatic carbocycles. The van der Waals surface area contributed by atoms with Crippen LogP contribution in [0.25, 0.3) is 0 Å². The second kappa shape index (κ2) is 5.87. The van der Waals surface area contributed by atoms with Gasteiger partial charge in [0.05, 0.1) is 17.1 Å². The minimum atomic E-state index is -3.18. The highest BCUT2D eigenvalue weighted by Gasteiger charge is 2.41. The van der Waals surface area contributed by atoms with Crippen LogP contribution in [-0.4, -0.2) is 45.4 Å². The van der Waals surface area contributed by atoms with E-state index in [9.17, 15) is 13.2 Å². The van der Waals surface area contributed by atoms with E-state index in [0.29, 0.717) is 24.6 Å². The molecule has 0 spiro atoms. The van der Waals surface area contributed by atoms with Gasteiger partial charge in [0.1, 0.15) is 5.69 Å². The lowest BCUT2D eigenvalue weighted by atomic mass is 10.2. The highest BCUT2D eigenvalue weighted by molar-refractivity contribution is 7.90. The highest BCUT2D eigenvalue weighted by atomic mass is 32.2. The molecular weight excluding hydrogens is 350 g/mol. The van der Waals surface area contributed by atoms with Crippen LogP contribution in [-0.2, 0) is 23.0 Å². The number of carbonyl (C=O) groups excluding carboxylic acids is 1. The maximum absolute atomic E-state index is 12.4. The van der Waals surface area contributed by atoms with Crippen molar-refractivity contribution in [3.63, 3.8) is 0 Å². The molecule has 8 nitrogen and oxygen atoms in total. The Morgan fingerprint density at radius 1 is 1.33 bits per heavy atom. The van der Waals surface area contributed by atoms with Crippen molar-refractivity contribution in [2.45, 2.75) is 31.1 Å². The minimum absolute atomic E-state index is 0.206. The van der Waals surface area contributed by atoms with Crippen LogP contribution in [0.15, 0.2) is 18.6 Å². The molecule has 0 bridgehead atoms. The first-order chi connectivity index (χ1) is 11.5. The lowest BCUT2D eigenvalue weighted by molar-refractivity contribution is 0.102. The first-order valence-corrected chi connectivity index (χ1v) is 9.91. The molecule has 1 aliphatic heterocycles. The molecule has 0 radical (unpaired) electrons.